The normalized spacial score (nSPS) is 12.2. The van der Waals surface area contributed by atoms with Crippen LogP contribution in [0.2, 0.25) is 0 Å². The van der Waals surface area contributed by atoms with Gasteiger partial charge in [0.25, 0.3) is 0 Å². The molecule has 0 saturated heterocycles. The molecule has 0 radical (unpaired) electrons. The van der Waals surface area contributed by atoms with Crippen molar-refractivity contribution in [1.29, 1.82) is 0 Å². The van der Waals surface area contributed by atoms with E-state index in [1.54, 1.807) is 13.8 Å². The first-order valence-electron chi connectivity index (χ1n) is 8.98. The van der Waals surface area contributed by atoms with E-state index < -0.39 is 11.4 Å². The molecule has 0 N–H and O–H groups in total. The van der Waals surface area contributed by atoms with E-state index in [-0.39, 0.29) is 11.6 Å². The molecule has 23 heavy (non-hydrogen) atoms. The highest BCUT2D eigenvalue weighted by molar-refractivity contribution is 5.71. The fourth-order valence-electron chi connectivity index (χ4n) is 2.39. The number of aliphatic carboxylic acids is 1. The number of carboxylic acids is 1. The second-order valence-electron chi connectivity index (χ2n) is 8.09. The van der Waals surface area contributed by atoms with Gasteiger partial charge in [0, 0.05) is 17.8 Å². The molecule has 0 spiro atoms. The minimum absolute atomic E-state index is 0.104. The van der Waals surface area contributed by atoms with Crippen molar-refractivity contribution < 1.29 is 19.4 Å². The van der Waals surface area contributed by atoms with Gasteiger partial charge in [-0.15, -0.1) is 0 Å². The summed E-state index contributed by atoms with van der Waals surface area (Å²) in [5.41, 5.74) is -1.09. The summed E-state index contributed by atoms with van der Waals surface area (Å²) in [5.74, 6) is -1.06. The monoisotopic (exact) mass is 327 g/mol. The van der Waals surface area contributed by atoms with Crippen molar-refractivity contribution >= 4 is 11.9 Å². The van der Waals surface area contributed by atoms with E-state index in [0.29, 0.717) is 12.8 Å². The lowest BCUT2D eigenvalue weighted by Crippen LogP contribution is -2.37. The van der Waals surface area contributed by atoms with Crippen molar-refractivity contribution in [3.63, 3.8) is 0 Å². The average molecular weight is 327 g/mol. The van der Waals surface area contributed by atoms with Gasteiger partial charge in [0.15, 0.2) is 0 Å². The van der Waals surface area contributed by atoms with Crippen LogP contribution in [-0.4, -0.2) is 17.5 Å². The Kier molecular flexibility index (Phi) is 10.2. The largest absolute Gasteiger partial charge is 0.550 e. The van der Waals surface area contributed by atoms with Crippen LogP contribution in [0.4, 0.5) is 0 Å². The summed E-state index contributed by atoms with van der Waals surface area (Å²) in [6, 6.07) is 0. The molecule has 0 rings (SSSR count). The number of carbonyl (C=O) groups is 2. The van der Waals surface area contributed by atoms with Gasteiger partial charge in [-0.3, -0.25) is 4.79 Å². The lowest BCUT2D eigenvalue weighted by Gasteiger charge is -2.25. The van der Waals surface area contributed by atoms with Crippen molar-refractivity contribution in [2.45, 2.75) is 104 Å². The summed E-state index contributed by atoms with van der Waals surface area (Å²) in [4.78, 5) is 22.4. The fourth-order valence-corrected chi connectivity index (χ4v) is 2.39. The highest BCUT2D eigenvalue weighted by Crippen LogP contribution is 2.23. The van der Waals surface area contributed by atoms with Crippen LogP contribution in [0.5, 0.6) is 0 Å². The van der Waals surface area contributed by atoms with Gasteiger partial charge in [-0.25, -0.2) is 0 Å². The Morgan fingerprint density at radius 1 is 0.783 bits per heavy atom. The first-order valence-corrected chi connectivity index (χ1v) is 8.98. The van der Waals surface area contributed by atoms with E-state index in [1.165, 1.54) is 12.8 Å². The Balaban J connectivity index is 3.41. The third-order valence-electron chi connectivity index (χ3n) is 3.91. The number of ether oxygens (including phenoxy) is 1. The van der Waals surface area contributed by atoms with Crippen LogP contribution in [0.15, 0.2) is 0 Å². The number of hydrogen-bond donors (Lipinski definition) is 0. The van der Waals surface area contributed by atoms with Crippen LogP contribution in [0.1, 0.15) is 98.8 Å². The van der Waals surface area contributed by atoms with E-state index in [0.717, 1.165) is 38.5 Å². The maximum absolute atomic E-state index is 11.5. The first kappa shape index (κ1) is 21.9. The summed E-state index contributed by atoms with van der Waals surface area (Å²) in [6.07, 6.45) is 9.83. The van der Waals surface area contributed by atoms with Gasteiger partial charge in [-0.05, 0) is 33.6 Å². The van der Waals surface area contributed by atoms with Gasteiger partial charge in [0.05, 0.1) is 0 Å². The molecule has 4 heteroatoms. The summed E-state index contributed by atoms with van der Waals surface area (Å²) >= 11 is 0. The quantitative estimate of drug-likeness (QED) is 0.401. The fraction of sp³-hybridized carbons (Fsp3) is 0.895. The lowest BCUT2D eigenvalue weighted by atomic mass is 9.87. The molecule has 0 amide bonds. The standard InChI is InChI=1S/C19H36O4/c1-18(2,3)23-16(20)14-12-10-8-6-7-9-11-13-15-19(4,5)17(21)22/h6-15H2,1-5H3,(H,21,22)/p-1. The Morgan fingerprint density at radius 2 is 1.22 bits per heavy atom. The van der Waals surface area contributed by atoms with Crippen molar-refractivity contribution in [1.82, 2.24) is 0 Å². The molecule has 136 valence electrons. The van der Waals surface area contributed by atoms with Crippen LogP contribution in [-0.2, 0) is 14.3 Å². The third-order valence-corrected chi connectivity index (χ3v) is 3.91. The molecule has 0 saturated carbocycles. The van der Waals surface area contributed by atoms with E-state index in [4.69, 9.17) is 4.74 Å². The van der Waals surface area contributed by atoms with E-state index >= 15 is 0 Å². The topological polar surface area (TPSA) is 66.4 Å². The van der Waals surface area contributed by atoms with Gasteiger partial charge in [0.1, 0.15) is 5.60 Å². The molecule has 0 aromatic rings. The highest BCUT2D eigenvalue weighted by atomic mass is 16.6. The first-order chi connectivity index (χ1) is 10.5. The van der Waals surface area contributed by atoms with Crippen LogP contribution in [0.3, 0.4) is 0 Å². The van der Waals surface area contributed by atoms with Crippen molar-refractivity contribution in [3.8, 4) is 0 Å². The molecule has 0 unspecified atom stereocenters. The smallest absolute Gasteiger partial charge is 0.306 e. The summed E-state index contributed by atoms with van der Waals surface area (Å²) in [5, 5.41) is 10.9. The molecule has 0 aliphatic carbocycles. The van der Waals surface area contributed by atoms with Gasteiger partial charge < -0.3 is 14.6 Å². The third kappa shape index (κ3) is 13.1. The Morgan fingerprint density at radius 3 is 1.65 bits per heavy atom. The zero-order valence-electron chi connectivity index (χ0n) is 15.7. The number of rotatable bonds is 12. The molecule has 4 nitrogen and oxygen atoms in total. The van der Waals surface area contributed by atoms with Crippen LogP contribution >= 0.6 is 0 Å². The SMILES string of the molecule is CC(C)(C)OC(=O)CCCCCCCCCCC(C)(C)C(=O)[O-]. The molecule has 0 aliphatic heterocycles. The Labute approximate surface area is 142 Å². The number of hydrogen-bond acceptors (Lipinski definition) is 4. The van der Waals surface area contributed by atoms with Crippen LogP contribution < -0.4 is 5.11 Å². The predicted molar refractivity (Wildman–Crippen MR) is 90.8 cm³/mol. The van der Waals surface area contributed by atoms with E-state index in [2.05, 4.69) is 0 Å². The molecule has 0 bridgehead atoms. The minimum atomic E-state index is -0.956. The maximum atomic E-state index is 11.5. The van der Waals surface area contributed by atoms with Crippen LogP contribution in [0, 0.1) is 5.41 Å². The number of carboxylic acid groups (broad SMARTS) is 1. The molecule has 0 aliphatic rings. The van der Waals surface area contributed by atoms with Gasteiger partial charge in [-0.2, -0.15) is 0 Å². The number of esters is 1. The van der Waals surface area contributed by atoms with E-state index in [1.807, 2.05) is 20.8 Å². The molecular weight excluding hydrogens is 292 g/mol. The zero-order valence-corrected chi connectivity index (χ0v) is 15.7. The average Bonchev–Trinajstić information content (AvgIpc) is 2.38. The Hall–Kier alpha value is -1.06. The minimum Gasteiger partial charge on any atom is -0.550 e. The molecule has 0 aromatic carbocycles. The molecule has 0 atom stereocenters. The zero-order chi connectivity index (χ0) is 17.9. The van der Waals surface area contributed by atoms with Crippen molar-refractivity contribution in [2.24, 2.45) is 5.41 Å². The summed E-state index contributed by atoms with van der Waals surface area (Å²) in [6.45, 7) is 9.12. The molecule has 0 aromatic heterocycles. The lowest BCUT2D eigenvalue weighted by molar-refractivity contribution is -0.317. The number of unbranched alkanes of at least 4 members (excludes halogenated alkanes) is 7. The summed E-state index contributed by atoms with van der Waals surface area (Å²) in [7, 11) is 0. The maximum Gasteiger partial charge on any atom is 0.306 e. The second-order valence-corrected chi connectivity index (χ2v) is 8.09. The molecule has 0 fully saturated rings. The van der Waals surface area contributed by atoms with Gasteiger partial charge in [-0.1, -0.05) is 58.8 Å². The van der Waals surface area contributed by atoms with Gasteiger partial charge >= 0.3 is 5.97 Å². The Bertz CT molecular complexity index is 353. The van der Waals surface area contributed by atoms with Crippen molar-refractivity contribution in [3.05, 3.63) is 0 Å². The number of carbonyl (C=O) groups excluding carboxylic acids is 2. The van der Waals surface area contributed by atoms with E-state index in [9.17, 15) is 14.7 Å². The summed E-state index contributed by atoms with van der Waals surface area (Å²) < 4.78 is 5.27. The van der Waals surface area contributed by atoms with Gasteiger partial charge in [0.2, 0.25) is 0 Å². The van der Waals surface area contributed by atoms with Crippen LogP contribution in [0.25, 0.3) is 0 Å². The second kappa shape index (κ2) is 10.7. The predicted octanol–water partition coefficient (Wildman–Crippen LogP) is 4.01. The van der Waals surface area contributed by atoms with Crippen molar-refractivity contribution in [2.75, 3.05) is 0 Å². The highest BCUT2D eigenvalue weighted by Gasteiger charge is 2.18. The molecule has 0 heterocycles. The molecular formula is C19H35O4-.